The van der Waals surface area contributed by atoms with Gasteiger partial charge in [-0.3, -0.25) is 0 Å². The van der Waals surface area contributed by atoms with Crippen molar-refractivity contribution in [2.75, 3.05) is 5.32 Å². The molecule has 0 bridgehead atoms. The van der Waals surface area contributed by atoms with Crippen LogP contribution < -0.4 is 5.32 Å². The van der Waals surface area contributed by atoms with Crippen LogP contribution in [0.2, 0.25) is 0 Å². The number of aromatic hydroxyl groups is 1. The van der Waals surface area contributed by atoms with E-state index in [2.05, 4.69) is 37.2 Å². The molecule has 106 valence electrons. The first kappa shape index (κ1) is 15.3. The number of anilines is 1. The van der Waals surface area contributed by atoms with Crippen LogP contribution in [0.1, 0.15) is 24.9 Å². The molecule has 2 nitrogen and oxygen atoms in total. The number of halogens is 3. The molecule has 2 aromatic rings. The Balaban J connectivity index is 2.33. The van der Waals surface area contributed by atoms with Gasteiger partial charge < -0.3 is 10.4 Å². The van der Waals surface area contributed by atoms with Gasteiger partial charge in [0.15, 0.2) is 0 Å². The Bertz CT molecular complexity index is 619. The third kappa shape index (κ3) is 3.52. The summed E-state index contributed by atoms with van der Waals surface area (Å²) in [6.07, 6.45) is 0.718. The Morgan fingerprint density at radius 1 is 1.15 bits per heavy atom. The monoisotopic (exact) mass is 401 g/mol. The molecule has 2 N–H and O–H groups in total. The standard InChI is InChI=1S/C15H14Br2FNO/c1-2-13(11-7-9(16)4-6-15(11)20)19-14-8-10(17)3-5-12(14)18/h3-8,13,19-20H,2H2,1H3. The van der Waals surface area contributed by atoms with Gasteiger partial charge in [-0.2, -0.15) is 0 Å². The largest absolute Gasteiger partial charge is 0.508 e. The first-order valence-electron chi connectivity index (χ1n) is 6.21. The van der Waals surface area contributed by atoms with E-state index in [1.807, 2.05) is 13.0 Å². The smallest absolute Gasteiger partial charge is 0.146 e. The predicted octanol–water partition coefficient (Wildman–Crippen LogP) is 5.62. The summed E-state index contributed by atoms with van der Waals surface area (Å²) in [4.78, 5) is 0. The highest BCUT2D eigenvalue weighted by molar-refractivity contribution is 9.10. The quantitative estimate of drug-likeness (QED) is 0.695. The molecular formula is C15H14Br2FNO. The summed E-state index contributed by atoms with van der Waals surface area (Å²) in [6, 6.07) is 9.81. The molecule has 0 radical (unpaired) electrons. The van der Waals surface area contributed by atoms with Gasteiger partial charge in [0, 0.05) is 14.5 Å². The second-order valence-corrected chi connectivity index (χ2v) is 6.26. The fraction of sp³-hybridized carbons (Fsp3) is 0.200. The first-order valence-corrected chi connectivity index (χ1v) is 7.80. The molecular weight excluding hydrogens is 389 g/mol. The maximum atomic E-state index is 13.8. The summed E-state index contributed by atoms with van der Waals surface area (Å²) in [6.45, 7) is 1.98. The molecule has 0 amide bonds. The van der Waals surface area contributed by atoms with E-state index < -0.39 is 0 Å². The van der Waals surface area contributed by atoms with Gasteiger partial charge in [0.1, 0.15) is 11.6 Å². The maximum Gasteiger partial charge on any atom is 0.146 e. The van der Waals surface area contributed by atoms with Crippen molar-refractivity contribution in [1.29, 1.82) is 0 Å². The van der Waals surface area contributed by atoms with Gasteiger partial charge in [0.25, 0.3) is 0 Å². The minimum absolute atomic E-state index is 0.170. The molecule has 0 saturated heterocycles. The summed E-state index contributed by atoms with van der Waals surface area (Å²) < 4.78 is 15.5. The number of rotatable bonds is 4. The Morgan fingerprint density at radius 2 is 1.80 bits per heavy atom. The van der Waals surface area contributed by atoms with E-state index in [1.165, 1.54) is 6.07 Å². The summed E-state index contributed by atoms with van der Waals surface area (Å²) >= 11 is 6.71. The lowest BCUT2D eigenvalue weighted by molar-refractivity contribution is 0.462. The van der Waals surface area contributed by atoms with Crippen molar-refractivity contribution in [3.05, 3.63) is 56.7 Å². The van der Waals surface area contributed by atoms with Crippen LogP contribution in [0.4, 0.5) is 10.1 Å². The molecule has 5 heteroatoms. The van der Waals surface area contributed by atoms with Gasteiger partial charge in [-0.1, -0.05) is 38.8 Å². The highest BCUT2D eigenvalue weighted by Gasteiger charge is 2.15. The molecule has 0 aliphatic heterocycles. The lowest BCUT2D eigenvalue weighted by atomic mass is 10.0. The van der Waals surface area contributed by atoms with Gasteiger partial charge in [0.2, 0.25) is 0 Å². The topological polar surface area (TPSA) is 32.3 Å². The van der Waals surface area contributed by atoms with E-state index in [0.717, 1.165) is 20.9 Å². The van der Waals surface area contributed by atoms with E-state index in [1.54, 1.807) is 24.3 Å². The molecule has 1 unspecified atom stereocenters. The number of benzene rings is 2. The molecule has 20 heavy (non-hydrogen) atoms. The Hall–Kier alpha value is -1.07. The minimum atomic E-state index is -0.318. The van der Waals surface area contributed by atoms with Crippen LogP contribution in [-0.2, 0) is 0 Å². The lowest BCUT2D eigenvalue weighted by Gasteiger charge is -2.20. The normalized spacial score (nSPS) is 12.2. The Labute approximate surface area is 134 Å². The number of phenols is 1. The van der Waals surface area contributed by atoms with Crippen LogP contribution in [0.3, 0.4) is 0 Å². The molecule has 1 atom stereocenters. The molecule has 0 fully saturated rings. The number of nitrogens with one attached hydrogen (secondary N) is 1. The predicted molar refractivity (Wildman–Crippen MR) is 86.6 cm³/mol. The molecule has 2 aromatic carbocycles. The van der Waals surface area contributed by atoms with Crippen molar-refractivity contribution in [3.8, 4) is 5.75 Å². The molecule has 0 aliphatic carbocycles. The van der Waals surface area contributed by atoms with Crippen molar-refractivity contribution >= 4 is 37.5 Å². The van der Waals surface area contributed by atoms with Crippen LogP contribution in [-0.4, -0.2) is 5.11 Å². The fourth-order valence-corrected chi connectivity index (χ4v) is 2.74. The zero-order chi connectivity index (χ0) is 14.7. The van der Waals surface area contributed by atoms with Crippen LogP contribution in [0.15, 0.2) is 45.3 Å². The molecule has 0 aliphatic rings. The highest BCUT2D eigenvalue weighted by atomic mass is 79.9. The van der Waals surface area contributed by atoms with Gasteiger partial charge in [0.05, 0.1) is 11.7 Å². The van der Waals surface area contributed by atoms with Crippen molar-refractivity contribution < 1.29 is 9.50 Å². The fourth-order valence-electron chi connectivity index (χ4n) is 2.00. The van der Waals surface area contributed by atoms with Crippen molar-refractivity contribution in [2.24, 2.45) is 0 Å². The van der Waals surface area contributed by atoms with Gasteiger partial charge in [-0.25, -0.2) is 4.39 Å². The average Bonchev–Trinajstić information content (AvgIpc) is 2.42. The zero-order valence-electron chi connectivity index (χ0n) is 10.8. The summed E-state index contributed by atoms with van der Waals surface area (Å²) in [5, 5.41) is 13.1. The first-order chi connectivity index (χ1) is 9.51. The zero-order valence-corrected chi connectivity index (χ0v) is 14.0. The van der Waals surface area contributed by atoms with Crippen LogP contribution in [0.25, 0.3) is 0 Å². The third-order valence-electron chi connectivity index (χ3n) is 3.03. The van der Waals surface area contributed by atoms with Crippen LogP contribution in [0, 0.1) is 5.82 Å². The maximum absolute atomic E-state index is 13.8. The summed E-state index contributed by atoms with van der Waals surface area (Å²) in [5.74, 6) is -0.121. The molecule has 0 spiro atoms. The van der Waals surface area contributed by atoms with Crippen LogP contribution in [0.5, 0.6) is 5.75 Å². The van der Waals surface area contributed by atoms with E-state index in [4.69, 9.17) is 0 Å². The summed E-state index contributed by atoms with van der Waals surface area (Å²) in [5.41, 5.74) is 1.15. The number of phenolic OH excluding ortho intramolecular Hbond substituents is 1. The van der Waals surface area contributed by atoms with E-state index >= 15 is 0 Å². The van der Waals surface area contributed by atoms with Crippen molar-refractivity contribution in [2.45, 2.75) is 19.4 Å². The Morgan fingerprint density at radius 3 is 2.50 bits per heavy atom. The highest BCUT2D eigenvalue weighted by Crippen LogP contribution is 2.33. The number of hydrogen-bond acceptors (Lipinski definition) is 2. The molecule has 0 saturated carbocycles. The van der Waals surface area contributed by atoms with Gasteiger partial charge in [-0.15, -0.1) is 0 Å². The van der Waals surface area contributed by atoms with Crippen molar-refractivity contribution in [1.82, 2.24) is 0 Å². The van der Waals surface area contributed by atoms with E-state index in [0.29, 0.717) is 5.69 Å². The van der Waals surface area contributed by atoms with Crippen molar-refractivity contribution in [3.63, 3.8) is 0 Å². The number of hydrogen-bond donors (Lipinski definition) is 2. The van der Waals surface area contributed by atoms with Gasteiger partial charge >= 0.3 is 0 Å². The SMILES string of the molecule is CCC(Nc1cc(Br)ccc1F)c1cc(Br)ccc1O. The van der Waals surface area contributed by atoms with Crippen LogP contribution >= 0.6 is 31.9 Å². The molecule has 0 heterocycles. The Kier molecular flexibility index (Phi) is 5.05. The molecule has 2 rings (SSSR count). The molecule has 0 aromatic heterocycles. The minimum Gasteiger partial charge on any atom is -0.508 e. The van der Waals surface area contributed by atoms with Gasteiger partial charge in [-0.05, 0) is 42.8 Å². The second-order valence-electron chi connectivity index (χ2n) is 4.43. The third-order valence-corrected chi connectivity index (χ3v) is 4.02. The second kappa shape index (κ2) is 6.59. The summed E-state index contributed by atoms with van der Waals surface area (Å²) in [7, 11) is 0. The van der Waals surface area contributed by atoms with E-state index in [9.17, 15) is 9.50 Å². The van der Waals surface area contributed by atoms with E-state index in [-0.39, 0.29) is 17.6 Å². The lowest BCUT2D eigenvalue weighted by Crippen LogP contribution is -2.11. The average molecular weight is 403 g/mol.